The third kappa shape index (κ3) is 5.85. The molecule has 1 aliphatic heterocycles. The van der Waals surface area contributed by atoms with Gasteiger partial charge in [0, 0.05) is 19.5 Å². The van der Waals surface area contributed by atoms with Gasteiger partial charge in [-0.3, -0.25) is 4.79 Å². The second kappa shape index (κ2) is 9.37. The van der Waals surface area contributed by atoms with Crippen LogP contribution in [0.5, 0.6) is 0 Å². The molecule has 1 rings (SSSR count). The fourth-order valence-electron chi connectivity index (χ4n) is 2.60. The molecule has 3 nitrogen and oxygen atoms in total. The molecule has 1 N–H and O–H groups in total. The molecular weight excluding hydrogens is 224 g/mol. The summed E-state index contributed by atoms with van der Waals surface area (Å²) in [7, 11) is 0. The van der Waals surface area contributed by atoms with Crippen LogP contribution in [-0.2, 0) is 4.79 Å². The van der Waals surface area contributed by atoms with E-state index in [4.69, 9.17) is 0 Å². The highest BCUT2D eigenvalue weighted by Crippen LogP contribution is 2.17. The molecular formula is C15H30N2O. The predicted octanol–water partition coefficient (Wildman–Crippen LogP) is 2.80. The highest BCUT2D eigenvalue weighted by Gasteiger charge is 2.21. The lowest BCUT2D eigenvalue weighted by atomic mass is 9.96. The summed E-state index contributed by atoms with van der Waals surface area (Å²) in [6.07, 6.45) is 7.89. The fourth-order valence-corrected chi connectivity index (χ4v) is 2.60. The first kappa shape index (κ1) is 15.5. The Labute approximate surface area is 112 Å². The number of likely N-dealkylation sites (tertiary alicyclic amines) is 1. The smallest absolute Gasteiger partial charge is 0.222 e. The van der Waals surface area contributed by atoms with Crippen molar-refractivity contribution in [1.29, 1.82) is 0 Å². The summed E-state index contributed by atoms with van der Waals surface area (Å²) < 4.78 is 0. The van der Waals surface area contributed by atoms with Crippen molar-refractivity contribution in [3.8, 4) is 0 Å². The Morgan fingerprint density at radius 1 is 1.17 bits per heavy atom. The molecule has 1 amide bonds. The van der Waals surface area contributed by atoms with Gasteiger partial charge in [0.05, 0.1) is 0 Å². The van der Waals surface area contributed by atoms with Crippen LogP contribution < -0.4 is 5.32 Å². The molecule has 3 heteroatoms. The summed E-state index contributed by atoms with van der Waals surface area (Å²) in [4.78, 5) is 14.1. The molecule has 1 aliphatic rings. The van der Waals surface area contributed by atoms with Crippen molar-refractivity contribution in [3.63, 3.8) is 0 Å². The molecule has 1 heterocycles. The van der Waals surface area contributed by atoms with Gasteiger partial charge in [0.25, 0.3) is 0 Å². The van der Waals surface area contributed by atoms with Crippen LogP contribution in [0.25, 0.3) is 0 Å². The molecule has 0 unspecified atom stereocenters. The average Bonchev–Trinajstić information content (AvgIpc) is 2.41. The summed E-state index contributed by atoms with van der Waals surface area (Å²) in [6.45, 7) is 8.48. The zero-order valence-electron chi connectivity index (χ0n) is 12.2. The molecule has 0 bridgehead atoms. The lowest BCUT2D eigenvalue weighted by Gasteiger charge is -2.32. The standard InChI is InChI=1S/C15H30N2O/c1-3-5-6-7-8-15(18)17-11-9-14(10-12-17)13-16-4-2/h14,16H,3-13H2,1-2H3. The Balaban J connectivity index is 2.11. The largest absolute Gasteiger partial charge is 0.343 e. The van der Waals surface area contributed by atoms with E-state index in [1.165, 1.54) is 32.1 Å². The molecule has 0 saturated carbocycles. The summed E-state index contributed by atoms with van der Waals surface area (Å²) in [5.74, 6) is 1.15. The monoisotopic (exact) mass is 254 g/mol. The molecule has 106 valence electrons. The minimum Gasteiger partial charge on any atom is -0.343 e. The van der Waals surface area contributed by atoms with Crippen molar-refractivity contribution in [2.75, 3.05) is 26.2 Å². The second-order valence-corrected chi connectivity index (χ2v) is 5.44. The zero-order valence-corrected chi connectivity index (χ0v) is 12.2. The highest BCUT2D eigenvalue weighted by molar-refractivity contribution is 5.76. The lowest BCUT2D eigenvalue weighted by molar-refractivity contribution is -0.132. The van der Waals surface area contributed by atoms with E-state index in [0.717, 1.165) is 44.9 Å². The van der Waals surface area contributed by atoms with E-state index < -0.39 is 0 Å². The van der Waals surface area contributed by atoms with Crippen LogP contribution in [0.4, 0.5) is 0 Å². The maximum Gasteiger partial charge on any atom is 0.222 e. The molecule has 0 radical (unpaired) electrons. The van der Waals surface area contributed by atoms with Gasteiger partial charge in [-0.2, -0.15) is 0 Å². The zero-order chi connectivity index (χ0) is 13.2. The summed E-state index contributed by atoms with van der Waals surface area (Å²) >= 11 is 0. The van der Waals surface area contributed by atoms with Crippen molar-refractivity contribution >= 4 is 5.91 Å². The minimum atomic E-state index is 0.382. The number of rotatable bonds is 8. The Morgan fingerprint density at radius 3 is 2.50 bits per heavy atom. The normalized spacial score (nSPS) is 17.1. The van der Waals surface area contributed by atoms with Gasteiger partial charge in [-0.25, -0.2) is 0 Å². The molecule has 0 spiro atoms. The van der Waals surface area contributed by atoms with Gasteiger partial charge in [0.2, 0.25) is 5.91 Å². The molecule has 1 saturated heterocycles. The number of amides is 1. The summed E-state index contributed by atoms with van der Waals surface area (Å²) in [5.41, 5.74) is 0. The van der Waals surface area contributed by atoms with Gasteiger partial charge in [-0.05, 0) is 38.3 Å². The highest BCUT2D eigenvalue weighted by atomic mass is 16.2. The van der Waals surface area contributed by atoms with Gasteiger partial charge in [0.1, 0.15) is 0 Å². The third-order valence-electron chi connectivity index (χ3n) is 3.89. The molecule has 18 heavy (non-hydrogen) atoms. The number of hydrogen-bond acceptors (Lipinski definition) is 2. The van der Waals surface area contributed by atoms with Crippen molar-refractivity contribution < 1.29 is 4.79 Å². The molecule has 0 atom stereocenters. The number of unbranched alkanes of at least 4 members (excludes halogenated alkanes) is 3. The Morgan fingerprint density at radius 2 is 1.89 bits per heavy atom. The van der Waals surface area contributed by atoms with Crippen LogP contribution in [0.3, 0.4) is 0 Å². The van der Waals surface area contributed by atoms with Crippen LogP contribution in [0.1, 0.15) is 58.8 Å². The van der Waals surface area contributed by atoms with Crippen molar-refractivity contribution in [1.82, 2.24) is 10.2 Å². The van der Waals surface area contributed by atoms with Crippen molar-refractivity contribution in [2.24, 2.45) is 5.92 Å². The van der Waals surface area contributed by atoms with E-state index >= 15 is 0 Å². The summed E-state index contributed by atoms with van der Waals surface area (Å²) in [6, 6.07) is 0. The van der Waals surface area contributed by atoms with Crippen LogP contribution in [0.15, 0.2) is 0 Å². The number of nitrogens with one attached hydrogen (secondary N) is 1. The number of carbonyl (C=O) groups is 1. The quantitative estimate of drug-likeness (QED) is 0.676. The number of piperidine rings is 1. The molecule has 0 aliphatic carbocycles. The van der Waals surface area contributed by atoms with E-state index in [1.54, 1.807) is 0 Å². The second-order valence-electron chi connectivity index (χ2n) is 5.44. The van der Waals surface area contributed by atoms with Crippen LogP contribution in [0, 0.1) is 5.92 Å². The molecule has 0 aromatic carbocycles. The topological polar surface area (TPSA) is 32.3 Å². The Bertz CT molecular complexity index is 223. The van der Waals surface area contributed by atoms with E-state index in [2.05, 4.69) is 24.1 Å². The lowest BCUT2D eigenvalue weighted by Crippen LogP contribution is -2.40. The number of nitrogens with zero attached hydrogens (tertiary/aromatic N) is 1. The first-order chi connectivity index (χ1) is 8.77. The van der Waals surface area contributed by atoms with Crippen molar-refractivity contribution in [3.05, 3.63) is 0 Å². The fraction of sp³-hybridized carbons (Fsp3) is 0.933. The van der Waals surface area contributed by atoms with E-state index in [9.17, 15) is 4.79 Å². The SMILES string of the molecule is CCCCCCC(=O)N1CCC(CNCC)CC1. The van der Waals surface area contributed by atoms with E-state index in [0.29, 0.717) is 5.91 Å². The number of carbonyl (C=O) groups excluding carboxylic acids is 1. The van der Waals surface area contributed by atoms with Gasteiger partial charge in [-0.15, -0.1) is 0 Å². The summed E-state index contributed by atoms with van der Waals surface area (Å²) in [5, 5.41) is 3.41. The molecule has 0 aromatic rings. The van der Waals surface area contributed by atoms with Gasteiger partial charge in [-0.1, -0.05) is 33.1 Å². The Hall–Kier alpha value is -0.570. The number of hydrogen-bond donors (Lipinski definition) is 1. The van der Waals surface area contributed by atoms with Crippen LogP contribution >= 0.6 is 0 Å². The van der Waals surface area contributed by atoms with E-state index in [1.807, 2.05) is 0 Å². The maximum atomic E-state index is 12.0. The average molecular weight is 254 g/mol. The van der Waals surface area contributed by atoms with Gasteiger partial charge in [0.15, 0.2) is 0 Å². The van der Waals surface area contributed by atoms with Gasteiger partial charge < -0.3 is 10.2 Å². The van der Waals surface area contributed by atoms with Crippen LogP contribution in [0.2, 0.25) is 0 Å². The Kier molecular flexibility index (Phi) is 8.06. The first-order valence-electron chi connectivity index (χ1n) is 7.76. The molecule has 0 aromatic heterocycles. The van der Waals surface area contributed by atoms with Crippen molar-refractivity contribution in [2.45, 2.75) is 58.8 Å². The van der Waals surface area contributed by atoms with Crippen LogP contribution in [-0.4, -0.2) is 37.0 Å². The third-order valence-corrected chi connectivity index (χ3v) is 3.89. The predicted molar refractivity (Wildman–Crippen MR) is 76.6 cm³/mol. The van der Waals surface area contributed by atoms with E-state index in [-0.39, 0.29) is 0 Å². The first-order valence-corrected chi connectivity index (χ1v) is 7.76. The van der Waals surface area contributed by atoms with Gasteiger partial charge >= 0.3 is 0 Å². The minimum absolute atomic E-state index is 0.382. The molecule has 1 fully saturated rings. The maximum absolute atomic E-state index is 12.0.